The molecule has 0 heterocycles. The second-order valence-corrected chi connectivity index (χ2v) is 4.67. The number of alkyl halides is 1. The molecule has 3 heteroatoms. The first-order chi connectivity index (χ1) is 6.24. The lowest BCUT2D eigenvalue weighted by Gasteiger charge is -2.21. The molecule has 0 aromatic rings. The Morgan fingerprint density at radius 1 is 1.38 bits per heavy atom. The fourth-order valence-corrected chi connectivity index (χ4v) is 1.89. The van der Waals surface area contributed by atoms with Gasteiger partial charge >= 0.3 is 0 Å². The summed E-state index contributed by atoms with van der Waals surface area (Å²) >= 11 is 3.48. The van der Waals surface area contributed by atoms with Crippen LogP contribution in [0.1, 0.15) is 26.7 Å². The number of rotatable bonds is 7. The zero-order chi connectivity index (χ0) is 9.68. The standard InChI is InChI=1S/C10H20BrNO/c1-9(2)13-8-7-12(6-5-11)10-3-4-10/h9-10H,3-8H2,1-2H3. The van der Waals surface area contributed by atoms with Gasteiger partial charge in [-0.15, -0.1) is 0 Å². The van der Waals surface area contributed by atoms with Gasteiger partial charge in [-0.3, -0.25) is 4.90 Å². The predicted molar refractivity (Wildman–Crippen MR) is 59.5 cm³/mol. The summed E-state index contributed by atoms with van der Waals surface area (Å²) in [5.41, 5.74) is 0. The lowest BCUT2D eigenvalue weighted by Crippen LogP contribution is -2.32. The second-order valence-electron chi connectivity index (χ2n) is 3.88. The van der Waals surface area contributed by atoms with Gasteiger partial charge in [-0.25, -0.2) is 0 Å². The topological polar surface area (TPSA) is 12.5 Å². The summed E-state index contributed by atoms with van der Waals surface area (Å²) in [7, 11) is 0. The summed E-state index contributed by atoms with van der Waals surface area (Å²) in [6.07, 6.45) is 3.13. The van der Waals surface area contributed by atoms with Gasteiger partial charge in [0.25, 0.3) is 0 Å². The van der Waals surface area contributed by atoms with E-state index in [4.69, 9.17) is 4.74 Å². The van der Waals surface area contributed by atoms with Gasteiger partial charge in [0.2, 0.25) is 0 Å². The zero-order valence-corrected chi connectivity index (χ0v) is 10.2. The molecular weight excluding hydrogens is 230 g/mol. The molecule has 0 aromatic heterocycles. The Morgan fingerprint density at radius 3 is 2.54 bits per heavy atom. The van der Waals surface area contributed by atoms with E-state index in [1.165, 1.54) is 12.8 Å². The highest BCUT2D eigenvalue weighted by Crippen LogP contribution is 2.26. The van der Waals surface area contributed by atoms with Gasteiger partial charge in [0.1, 0.15) is 0 Å². The van der Waals surface area contributed by atoms with Crippen molar-refractivity contribution < 1.29 is 4.74 Å². The first-order valence-electron chi connectivity index (χ1n) is 5.15. The van der Waals surface area contributed by atoms with Crippen LogP contribution in [0.4, 0.5) is 0 Å². The van der Waals surface area contributed by atoms with E-state index in [1.54, 1.807) is 0 Å². The minimum atomic E-state index is 0.366. The van der Waals surface area contributed by atoms with Crippen molar-refractivity contribution >= 4 is 15.9 Å². The number of nitrogens with zero attached hydrogens (tertiary/aromatic N) is 1. The maximum Gasteiger partial charge on any atom is 0.0597 e. The van der Waals surface area contributed by atoms with Gasteiger partial charge < -0.3 is 4.74 Å². The quantitative estimate of drug-likeness (QED) is 0.643. The molecule has 13 heavy (non-hydrogen) atoms. The molecular formula is C10H20BrNO. The van der Waals surface area contributed by atoms with E-state index in [2.05, 4.69) is 34.7 Å². The largest absolute Gasteiger partial charge is 0.377 e. The van der Waals surface area contributed by atoms with Crippen LogP contribution in [0.2, 0.25) is 0 Å². The molecule has 1 saturated carbocycles. The number of ether oxygens (including phenoxy) is 1. The zero-order valence-electron chi connectivity index (χ0n) is 8.63. The molecule has 0 amide bonds. The van der Waals surface area contributed by atoms with Crippen LogP contribution in [0, 0.1) is 0 Å². The van der Waals surface area contributed by atoms with E-state index in [-0.39, 0.29) is 0 Å². The van der Waals surface area contributed by atoms with Crippen LogP contribution in [0.5, 0.6) is 0 Å². The summed E-state index contributed by atoms with van der Waals surface area (Å²) in [6, 6.07) is 0.855. The maximum absolute atomic E-state index is 5.54. The van der Waals surface area contributed by atoms with Crippen LogP contribution in [0.15, 0.2) is 0 Å². The van der Waals surface area contributed by atoms with E-state index in [1.807, 2.05) is 0 Å². The lowest BCUT2D eigenvalue weighted by molar-refractivity contribution is 0.0587. The summed E-state index contributed by atoms with van der Waals surface area (Å²) in [6.45, 7) is 7.31. The van der Waals surface area contributed by atoms with Gasteiger partial charge in [-0.05, 0) is 26.7 Å². The normalized spacial score (nSPS) is 17.3. The van der Waals surface area contributed by atoms with Crippen LogP contribution in [-0.4, -0.2) is 42.1 Å². The van der Waals surface area contributed by atoms with Crippen molar-refractivity contribution in [3.05, 3.63) is 0 Å². The van der Waals surface area contributed by atoms with Gasteiger partial charge in [0.05, 0.1) is 12.7 Å². The fourth-order valence-electron chi connectivity index (χ4n) is 1.43. The Hall–Kier alpha value is 0.400. The maximum atomic E-state index is 5.54. The minimum absolute atomic E-state index is 0.366. The molecule has 0 aromatic carbocycles. The van der Waals surface area contributed by atoms with Crippen molar-refractivity contribution in [2.45, 2.75) is 38.8 Å². The molecule has 0 saturated heterocycles. The van der Waals surface area contributed by atoms with Crippen molar-refractivity contribution in [1.82, 2.24) is 4.90 Å². The van der Waals surface area contributed by atoms with Crippen LogP contribution in [-0.2, 0) is 4.74 Å². The SMILES string of the molecule is CC(C)OCCN(CCBr)C1CC1. The van der Waals surface area contributed by atoms with Crippen LogP contribution in [0.25, 0.3) is 0 Å². The summed E-state index contributed by atoms with van der Waals surface area (Å²) in [5.74, 6) is 0. The highest BCUT2D eigenvalue weighted by molar-refractivity contribution is 9.09. The third kappa shape index (κ3) is 4.99. The van der Waals surface area contributed by atoms with Crippen molar-refractivity contribution in [2.75, 3.05) is 25.0 Å². The summed E-state index contributed by atoms with van der Waals surface area (Å²) in [5, 5.41) is 1.07. The fraction of sp³-hybridized carbons (Fsp3) is 1.00. The van der Waals surface area contributed by atoms with Crippen LogP contribution >= 0.6 is 15.9 Å². The molecule has 0 unspecified atom stereocenters. The molecule has 1 rings (SSSR count). The lowest BCUT2D eigenvalue weighted by atomic mass is 10.4. The Balaban J connectivity index is 2.07. The smallest absolute Gasteiger partial charge is 0.0597 e. The van der Waals surface area contributed by atoms with Crippen LogP contribution in [0.3, 0.4) is 0 Å². The summed E-state index contributed by atoms with van der Waals surface area (Å²) in [4.78, 5) is 2.52. The monoisotopic (exact) mass is 249 g/mol. The molecule has 1 aliphatic rings. The molecule has 0 atom stereocenters. The van der Waals surface area contributed by atoms with Crippen molar-refractivity contribution in [3.63, 3.8) is 0 Å². The van der Waals surface area contributed by atoms with Crippen molar-refractivity contribution in [1.29, 1.82) is 0 Å². The van der Waals surface area contributed by atoms with E-state index in [0.717, 1.165) is 31.1 Å². The average molecular weight is 250 g/mol. The van der Waals surface area contributed by atoms with Crippen molar-refractivity contribution in [3.8, 4) is 0 Å². The van der Waals surface area contributed by atoms with Gasteiger partial charge in [0, 0.05) is 24.5 Å². The van der Waals surface area contributed by atoms with Gasteiger partial charge in [-0.2, -0.15) is 0 Å². The predicted octanol–water partition coefficient (Wildman–Crippen LogP) is 2.27. The Kier molecular flexibility index (Phi) is 5.29. The van der Waals surface area contributed by atoms with E-state index < -0.39 is 0 Å². The Bertz CT molecular complexity index is 137. The molecule has 1 aliphatic carbocycles. The van der Waals surface area contributed by atoms with Gasteiger partial charge in [-0.1, -0.05) is 15.9 Å². The Morgan fingerprint density at radius 2 is 2.08 bits per heavy atom. The number of halogens is 1. The van der Waals surface area contributed by atoms with E-state index >= 15 is 0 Å². The molecule has 0 radical (unpaired) electrons. The molecule has 0 N–H and O–H groups in total. The average Bonchev–Trinajstić information content (AvgIpc) is 2.84. The molecule has 0 spiro atoms. The van der Waals surface area contributed by atoms with Crippen molar-refractivity contribution in [2.24, 2.45) is 0 Å². The minimum Gasteiger partial charge on any atom is -0.377 e. The first kappa shape index (κ1) is 11.5. The van der Waals surface area contributed by atoms with Crippen LogP contribution < -0.4 is 0 Å². The van der Waals surface area contributed by atoms with E-state index in [0.29, 0.717) is 6.10 Å². The summed E-state index contributed by atoms with van der Waals surface area (Å²) < 4.78 is 5.54. The molecule has 0 bridgehead atoms. The Labute approximate surface area is 89.8 Å². The molecule has 2 nitrogen and oxygen atoms in total. The highest BCUT2D eigenvalue weighted by atomic mass is 79.9. The third-order valence-electron chi connectivity index (χ3n) is 2.26. The molecule has 1 fully saturated rings. The molecule has 0 aliphatic heterocycles. The third-order valence-corrected chi connectivity index (χ3v) is 2.62. The number of hydrogen-bond donors (Lipinski definition) is 0. The van der Waals surface area contributed by atoms with Gasteiger partial charge in [0.15, 0.2) is 0 Å². The highest BCUT2D eigenvalue weighted by Gasteiger charge is 2.27. The van der Waals surface area contributed by atoms with E-state index in [9.17, 15) is 0 Å². The number of hydrogen-bond acceptors (Lipinski definition) is 2. The first-order valence-corrected chi connectivity index (χ1v) is 6.27. The molecule has 78 valence electrons. The second kappa shape index (κ2) is 5.99.